The van der Waals surface area contributed by atoms with Gasteiger partial charge in [-0.25, -0.2) is 5.43 Å². The number of carbonyl (C=O) groups is 1. The molecule has 0 fully saturated rings. The van der Waals surface area contributed by atoms with Crippen LogP contribution >= 0.6 is 11.6 Å². The number of hydrogen-bond donors (Lipinski definition) is 1. The van der Waals surface area contributed by atoms with Crippen LogP contribution in [0.4, 0.5) is 0 Å². The van der Waals surface area contributed by atoms with Crippen molar-refractivity contribution < 1.29 is 30.0 Å². The molecule has 0 spiro atoms. The van der Waals surface area contributed by atoms with Crippen LogP contribution < -0.4 is 13.8 Å². The topological polar surface area (TPSA) is 128 Å². The highest BCUT2D eigenvalue weighted by atomic mass is 35.5. The van der Waals surface area contributed by atoms with Gasteiger partial charge < -0.3 is 8.37 Å². The van der Waals surface area contributed by atoms with E-state index in [-0.39, 0.29) is 26.9 Å². The van der Waals surface area contributed by atoms with E-state index in [1.54, 1.807) is 43.3 Å². The van der Waals surface area contributed by atoms with Gasteiger partial charge in [-0.15, -0.1) is 0 Å². The van der Waals surface area contributed by atoms with Gasteiger partial charge in [-0.05, 0) is 74.5 Å². The lowest BCUT2D eigenvalue weighted by atomic mass is 10.2. The summed E-state index contributed by atoms with van der Waals surface area (Å²) in [5, 5.41) is 4.35. The minimum absolute atomic E-state index is 0.0802. The van der Waals surface area contributed by atoms with Crippen LogP contribution in [0, 0.1) is 13.8 Å². The van der Waals surface area contributed by atoms with Gasteiger partial charge in [0.2, 0.25) is 0 Å². The van der Waals surface area contributed by atoms with E-state index in [2.05, 4.69) is 10.5 Å². The first kappa shape index (κ1) is 28.8. The standard InChI is InChI=1S/C28H23ClN2O7S2/c1-19-3-13-25(14-4-19)39(33,34)37-24-12-9-22(18-30-31-28(32)21-7-10-23(29)11-8-21)27(17-24)38-40(35,36)26-15-5-20(2)6-16-26/h3-18H,1-2H3,(H,31,32)/b30-18+. The van der Waals surface area contributed by atoms with Crippen molar-refractivity contribution in [2.24, 2.45) is 5.10 Å². The summed E-state index contributed by atoms with van der Waals surface area (Å²) in [4.78, 5) is 12.2. The number of hydrazone groups is 1. The first-order valence-corrected chi connectivity index (χ1v) is 14.9. The molecule has 40 heavy (non-hydrogen) atoms. The molecule has 12 heteroatoms. The molecule has 0 aliphatic rings. The third-order valence-electron chi connectivity index (χ3n) is 5.49. The number of hydrogen-bond acceptors (Lipinski definition) is 8. The molecule has 0 unspecified atom stereocenters. The Hall–Kier alpha value is -4.19. The molecule has 0 aliphatic carbocycles. The molecule has 9 nitrogen and oxygen atoms in total. The summed E-state index contributed by atoms with van der Waals surface area (Å²) in [5.74, 6) is -1.01. The Labute approximate surface area is 237 Å². The molecule has 0 saturated heterocycles. The molecule has 1 amide bonds. The molecule has 206 valence electrons. The zero-order valence-electron chi connectivity index (χ0n) is 21.2. The van der Waals surface area contributed by atoms with E-state index in [0.29, 0.717) is 10.6 Å². The van der Waals surface area contributed by atoms with Crippen molar-refractivity contribution in [3.05, 3.63) is 118 Å². The average molecular weight is 599 g/mol. The molecule has 4 aromatic rings. The molecule has 1 N–H and O–H groups in total. The van der Waals surface area contributed by atoms with Gasteiger partial charge in [0, 0.05) is 22.2 Å². The number of nitrogens with one attached hydrogen (secondary N) is 1. The maximum absolute atomic E-state index is 13.0. The van der Waals surface area contributed by atoms with Gasteiger partial charge in [0.25, 0.3) is 5.91 Å². The first-order valence-electron chi connectivity index (χ1n) is 11.7. The van der Waals surface area contributed by atoms with Gasteiger partial charge in [0.05, 0.1) is 6.21 Å². The Balaban J connectivity index is 1.64. The number of aryl methyl sites for hydroxylation is 2. The second-order valence-electron chi connectivity index (χ2n) is 8.61. The Morgan fingerprint density at radius 1 is 0.750 bits per heavy atom. The van der Waals surface area contributed by atoms with Crippen molar-refractivity contribution in [2.75, 3.05) is 0 Å². The van der Waals surface area contributed by atoms with Crippen LogP contribution in [0.15, 0.2) is 106 Å². The van der Waals surface area contributed by atoms with Crippen molar-refractivity contribution in [3.8, 4) is 11.5 Å². The molecule has 0 atom stereocenters. The zero-order valence-corrected chi connectivity index (χ0v) is 23.6. The van der Waals surface area contributed by atoms with Gasteiger partial charge in [0.15, 0.2) is 5.75 Å². The maximum atomic E-state index is 13.0. The van der Waals surface area contributed by atoms with Crippen molar-refractivity contribution in [3.63, 3.8) is 0 Å². The van der Waals surface area contributed by atoms with Crippen LogP contribution in [0.3, 0.4) is 0 Å². The van der Waals surface area contributed by atoms with Gasteiger partial charge in [-0.2, -0.15) is 21.9 Å². The van der Waals surface area contributed by atoms with E-state index in [1.807, 2.05) is 6.92 Å². The lowest BCUT2D eigenvalue weighted by Crippen LogP contribution is -2.17. The summed E-state index contributed by atoms with van der Waals surface area (Å²) in [6, 6.07) is 21.9. The highest BCUT2D eigenvalue weighted by molar-refractivity contribution is 7.87. The monoisotopic (exact) mass is 598 g/mol. The molecule has 0 aliphatic heterocycles. The average Bonchev–Trinajstić information content (AvgIpc) is 2.90. The fourth-order valence-electron chi connectivity index (χ4n) is 3.32. The Morgan fingerprint density at radius 3 is 1.82 bits per heavy atom. The van der Waals surface area contributed by atoms with Crippen molar-refractivity contribution in [1.82, 2.24) is 5.43 Å². The smallest absolute Gasteiger partial charge is 0.339 e. The highest BCUT2D eigenvalue weighted by Gasteiger charge is 2.21. The van der Waals surface area contributed by atoms with Crippen LogP contribution in [-0.4, -0.2) is 29.0 Å². The van der Waals surface area contributed by atoms with Crippen molar-refractivity contribution in [2.45, 2.75) is 23.6 Å². The normalized spacial score (nSPS) is 11.8. The van der Waals surface area contributed by atoms with Crippen LogP contribution in [0.1, 0.15) is 27.0 Å². The quantitative estimate of drug-likeness (QED) is 0.158. The number of benzene rings is 4. The fraction of sp³-hybridized carbons (Fsp3) is 0.0714. The van der Waals surface area contributed by atoms with E-state index in [0.717, 1.165) is 23.4 Å². The second-order valence-corrected chi connectivity index (χ2v) is 12.1. The van der Waals surface area contributed by atoms with Gasteiger partial charge in [0.1, 0.15) is 15.5 Å². The van der Waals surface area contributed by atoms with Gasteiger partial charge in [-0.1, -0.05) is 47.0 Å². The van der Waals surface area contributed by atoms with Crippen molar-refractivity contribution >= 4 is 44.0 Å². The van der Waals surface area contributed by atoms with E-state index >= 15 is 0 Å². The summed E-state index contributed by atoms with van der Waals surface area (Å²) in [6.07, 6.45) is 1.16. The number of carbonyl (C=O) groups excluding carboxylic acids is 1. The molecular weight excluding hydrogens is 576 g/mol. The van der Waals surface area contributed by atoms with Crippen LogP contribution in [0.2, 0.25) is 5.02 Å². The third-order valence-corrected chi connectivity index (χ3v) is 8.25. The molecule has 0 radical (unpaired) electrons. The van der Waals surface area contributed by atoms with Crippen LogP contribution in [-0.2, 0) is 20.2 Å². The minimum atomic E-state index is -4.32. The van der Waals surface area contributed by atoms with Crippen LogP contribution in [0.5, 0.6) is 11.5 Å². The number of halogens is 1. The Morgan fingerprint density at radius 2 is 1.27 bits per heavy atom. The molecule has 0 heterocycles. The Bertz CT molecular complexity index is 1770. The lowest BCUT2D eigenvalue weighted by molar-refractivity contribution is 0.0955. The first-order chi connectivity index (χ1) is 18.9. The summed E-state index contributed by atoms with van der Waals surface area (Å²) in [5.41, 5.74) is 4.45. The molecule has 0 bridgehead atoms. The second kappa shape index (κ2) is 11.9. The summed E-state index contributed by atoms with van der Waals surface area (Å²) in [6.45, 7) is 3.62. The Kier molecular flexibility index (Phi) is 8.58. The number of amides is 1. The van der Waals surface area contributed by atoms with Gasteiger partial charge in [-0.3, -0.25) is 4.79 Å². The minimum Gasteiger partial charge on any atom is -0.379 e. The molecule has 4 aromatic carbocycles. The van der Waals surface area contributed by atoms with E-state index in [4.69, 9.17) is 20.0 Å². The molecular formula is C28H23ClN2O7S2. The largest absolute Gasteiger partial charge is 0.379 e. The predicted molar refractivity (Wildman–Crippen MR) is 151 cm³/mol. The number of rotatable bonds is 9. The number of nitrogens with zero attached hydrogens (tertiary/aromatic N) is 1. The summed E-state index contributed by atoms with van der Waals surface area (Å²) in [7, 11) is -8.55. The zero-order chi connectivity index (χ0) is 28.9. The lowest BCUT2D eigenvalue weighted by Gasteiger charge is -2.12. The maximum Gasteiger partial charge on any atom is 0.339 e. The summed E-state index contributed by atoms with van der Waals surface area (Å²) < 4.78 is 62.2. The predicted octanol–water partition coefficient (Wildman–Crippen LogP) is 5.26. The highest BCUT2D eigenvalue weighted by Crippen LogP contribution is 2.29. The molecule has 4 rings (SSSR count). The molecule has 0 saturated carbocycles. The SMILES string of the molecule is Cc1ccc(S(=O)(=O)Oc2ccc(/C=N/NC(=O)c3ccc(Cl)cc3)c(OS(=O)(=O)c3ccc(C)cc3)c2)cc1. The fourth-order valence-corrected chi connectivity index (χ4v) is 5.32. The van der Waals surface area contributed by atoms with E-state index < -0.39 is 26.1 Å². The van der Waals surface area contributed by atoms with Crippen molar-refractivity contribution in [1.29, 1.82) is 0 Å². The molecule has 0 aromatic heterocycles. The summed E-state index contributed by atoms with van der Waals surface area (Å²) >= 11 is 5.84. The van der Waals surface area contributed by atoms with Gasteiger partial charge >= 0.3 is 20.2 Å². The van der Waals surface area contributed by atoms with E-state index in [1.165, 1.54) is 48.5 Å². The third kappa shape index (κ3) is 7.26. The van der Waals surface area contributed by atoms with E-state index in [9.17, 15) is 21.6 Å². The van der Waals surface area contributed by atoms with Crippen LogP contribution in [0.25, 0.3) is 0 Å².